The number of hydrogen-bond donors (Lipinski definition) is 0. The third-order valence-electron chi connectivity index (χ3n) is 5.30. The summed E-state index contributed by atoms with van der Waals surface area (Å²) in [5.74, 6) is -0.647. The Morgan fingerprint density at radius 1 is 0.875 bits per heavy atom. The molecular weight excluding hydrogens is 302 g/mol. The van der Waals surface area contributed by atoms with Gasteiger partial charge in [-0.05, 0) is 45.2 Å². The molecule has 2 aliphatic rings. The van der Waals surface area contributed by atoms with Gasteiger partial charge in [-0.25, -0.2) is 0 Å². The fourth-order valence-corrected chi connectivity index (χ4v) is 3.87. The second kappa shape index (κ2) is 7.24. The minimum Gasteiger partial charge on any atom is -0.368 e. The van der Waals surface area contributed by atoms with E-state index < -0.39 is 0 Å². The van der Waals surface area contributed by atoms with Gasteiger partial charge in [-0.1, -0.05) is 18.2 Å². The Labute approximate surface area is 144 Å². The quantitative estimate of drug-likeness (QED) is 0.741. The summed E-state index contributed by atoms with van der Waals surface area (Å²) in [5.41, 5.74) is 1.18. The van der Waals surface area contributed by atoms with Crippen molar-refractivity contribution in [2.24, 2.45) is 0 Å². The first-order chi connectivity index (χ1) is 11.6. The van der Waals surface area contributed by atoms with Crippen LogP contribution >= 0.6 is 0 Å². The molecule has 2 amide bonds. The van der Waals surface area contributed by atoms with Crippen LogP contribution in [0.1, 0.15) is 33.1 Å². The normalized spacial score (nSPS) is 24.8. The summed E-state index contributed by atoms with van der Waals surface area (Å²) < 4.78 is 0. The van der Waals surface area contributed by atoms with E-state index in [2.05, 4.69) is 17.0 Å². The SMILES string of the molecule is CC1CCCC(C)N1C(=O)C(=O)N1CCN(c2ccccc2)CC1. The second-order valence-corrected chi connectivity index (χ2v) is 6.96. The molecule has 0 saturated carbocycles. The van der Waals surface area contributed by atoms with E-state index in [1.165, 1.54) is 5.69 Å². The molecule has 2 fully saturated rings. The van der Waals surface area contributed by atoms with Gasteiger partial charge in [0.2, 0.25) is 0 Å². The molecule has 0 aromatic heterocycles. The number of anilines is 1. The molecule has 5 nitrogen and oxygen atoms in total. The molecule has 2 heterocycles. The van der Waals surface area contributed by atoms with E-state index in [0.717, 1.165) is 32.4 Å². The Balaban J connectivity index is 1.59. The number of rotatable bonds is 1. The molecule has 2 atom stereocenters. The average molecular weight is 329 g/mol. The number of amides is 2. The van der Waals surface area contributed by atoms with Crippen molar-refractivity contribution in [3.63, 3.8) is 0 Å². The van der Waals surface area contributed by atoms with Crippen LogP contribution in [0.25, 0.3) is 0 Å². The molecule has 2 saturated heterocycles. The first kappa shape index (κ1) is 16.8. The van der Waals surface area contributed by atoms with Gasteiger partial charge in [-0.2, -0.15) is 0 Å². The van der Waals surface area contributed by atoms with Gasteiger partial charge in [0.25, 0.3) is 0 Å². The molecule has 5 heteroatoms. The van der Waals surface area contributed by atoms with E-state index in [-0.39, 0.29) is 23.9 Å². The fraction of sp³-hybridized carbons (Fsp3) is 0.579. The van der Waals surface area contributed by atoms with E-state index in [1.54, 1.807) is 9.80 Å². The first-order valence-corrected chi connectivity index (χ1v) is 8.99. The number of likely N-dealkylation sites (tertiary alicyclic amines) is 1. The number of hydrogen-bond acceptors (Lipinski definition) is 3. The maximum absolute atomic E-state index is 12.7. The van der Waals surface area contributed by atoms with Crippen LogP contribution < -0.4 is 4.90 Å². The van der Waals surface area contributed by atoms with E-state index in [9.17, 15) is 9.59 Å². The number of carbonyl (C=O) groups excluding carboxylic acids is 2. The molecule has 1 aromatic rings. The second-order valence-electron chi connectivity index (χ2n) is 6.96. The zero-order valence-corrected chi connectivity index (χ0v) is 14.6. The number of benzene rings is 1. The first-order valence-electron chi connectivity index (χ1n) is 8.99. The Kier molecular flexibility index (Phi) is 5.07. The van der Waals surface area contributed by atoms with Crippen molar-refractivity contribution >= 4 is 17.5 Å². The molecule has 0 N–H and O–H groups in total. The van der Waals surface area contributed by atoms with E-state index >= 15 is 0 Å². The third kappa shape index (κ3) is 3.40. The lowest BCUT2D eigenvalue weighted by molar-refractivity contribution is -0.155. The maximum atomic E-state index is 12.7. The lowest BCUT2D eigenvalue weighted by Gasteiger charge is -2.41. The molecule has 24 heavy (non-hydrogen) atoms. The highest BCUT2D eigenvalue weighted by molar-refractivity contribution is 6.35. The van der Waals surface area contributed by atoms with Crippen LogP contribution in [0.5, 0.6) is 0 Å². The van der Waals surface area contributed by atoms with Crippen LogP contribution in [-0.4, -0.2) is 59.9 Å². The van der Waals surface area contributed by atoms with E-state index in [1.807, 2.05) is 32.0 Å². The van der Waals surface area contributed by atoms with Gasteiger partial charge in [0.05, 0.1) is 0 Å². The summed E-state index contributed by atoms with van der Waals surface area (Å²) in [4.78, 5) is 31.1. The summed E-state index contributed by atoms with van der Waals surface area (Å²) in [6, 6.07) is 10.5. The number of piperidine rings is 1. The number of piperazine rings is 1. The smallest absolute Gasteiger partial charge is 0.312 e. The summed E-state index contributed by atoms with van der Waals surface area (Å²) in [7, 11) is 0. The van der Waals surface area contributed by atoms with Gasteiger partial charge in [0, 0.05) is 44.0 Å². The van der Waals surface area contributed by atoms with Gasteiger partial charge < -0.3 is 14.7 Å². The molecule has 2 aliphatic heterocycles. The topological polar surface area (TPSA) is 43.9 Å². The Bertz CT molecular complexity index is 572. The molecule has 130 valence electrons. The Hall–Kier alpha value is -2.04. The predicted molar refractivity (Wildman–Crippen MR) is 94.9 cm³/mol. The monoisotopic (exact) mass is 329 g/mol. The summed E-state index contributed by atoms with van der Waals surface area (Å²) in [6.45, 7) is 6.86. The highest BCUT2D eigenvalue weighted by Gasteiger charge is 2.35. The molecule has 0 aliphatic carbocycles. The number of nitrogens with zero attached hydrogens (tertiary/aromatic N) is 3. The highest BCUT2D eigenvalue weighted by Crippen LogP contribution is 2.23. The third-order valence-corrected chi connectivity index (χ3v) is 5.30. The standard InChI is InChI=1S/C19H27N3O2/c1-15-7-6-8-16(2)22(15)19(24)18(23)21-13-11-20(12-14-21)17-9-4-3-5-10-17/h3-5,9-10,15-16H,6-8,11-14H2,1-2H3. The zero-order chi connectivity index (χ0) is 17.1. The van der Waals surface area contributed by atoms with Gasteiger partial charge in [0.15, 0.2) is 0 Å². The van der Waals surface area contributed by atoms with Crippen molar-refractivity contribution in [1.29, 1.82) is 0 Å². The van der Waals surface area contributed by atoms with Gasteiger partial charge in [-0.3, -0.25) is 9.59 Å². The van der Waals surface area contributed by atoms with Crippen LogP contribution in [0.2, 0.25) is 0 Å². The van der Waals surface area contributed by atoms with Crippen molar-refractivity contribution in [3.05, 3.63) is 30.3 Å². The van der Waals surface area contributed by atoms with Crippen LogP contribution in [0.4, 0.5) is 5.69 Å². The van der Waals surface area contributed by atoms with Crippen molar-refractivity contribution in [2.75, 3.05) is 31.1 Å². The van der Waals surface area contributed by atoms with Crippen molar-refractivity contribution in [3.8, 4) is 0 Å². The molecule has 3 rings (SSSR count). The molecule has 0 bridgehead atoms. The van der Waals surface area contributed by atoms with E-state index in [4.69, 9.17) is 0 Å². The Morgan fingerprint density at radius 2 is 1.46 bits per heavy atom. The Morgan fingerprint density at radius 3 is 2.04 bits per heavy atom. The largest absolute Gasteiger partial charge is 0.368 e. The van der Waals surface area contributed by atoms with Crippen molar-refractivity contribution in [1.82, 2.24) is 9.80 Å². The number of para-hydroxylation sites is 1. The molecule has 0 spiro atoms. The lowest BCUT2D eigenvalue weighted by atomic mass is 9.97. The minimum atomic E-state index is -0.330. The van der Waals surface area contributed by atoms with Gasteiger partial charge >= 0.3 is 11.8 Å². The summed E-state index contributed by atoms with van der Waals surface area (Å²) in [5, 5.41) is 0. The van der Waals surface area contributed by atoms with Gasteiger partial charge in [-0.15, -0.1) is 0 Å². The average Bonchev–Trinajstić information content (AvgIpc) is 2.62. The predicted octanol–water partition coefficient (Wildman–Crippen LogP) is 2.12. The molecule has 1 aromatic carbocycles. The summed E-state index contributed by atoms with van der Waals surface area (Å²) in [6.07, 6.45) is 3.12. The lowest BCUT2D eigenvalue weighted by Crippen LogP contribution is -2.57. The molecule has 2 unspecified atom stereocenters. The van der Waals surface area contributed by atoms with Crippen LogP contribution in [0.3, 0.4) is 0 Å². The molecular formula is C19H27N3O2. The number of carbonyl (C=O) groups is 2. The van der Waals surface area contributed by atoms with Crippen molar-refractivity contribution < 1.29 is 9.59 Å². The van der Waals surface area contributed by atoms with Crippen molar-refractivity contribution in [2.45, 2.75) is 45.2 Å². The van der Waals surface area contributed by atoms with E-state index in [0.29, 0.717) is 13.1 Å². The fourth-order valence-electron chi connectivity index (χ4n) is 3.87. The molecule has 0 radical (unpaired) electrons. The zero-order valence-electron chi connectivity index (χ0n) is 14.6. The van der Waals surface area contributed by atoms with Crippen LogP contribution in [0, 0.1) is 0 Å². The van der Waals surface area contributed by atoms with Crippen LogP contribution in [-0.2, 0) is 9.59 Å². The minimum absolute atomic E-state index is 0.163. The maximum Gasteiger partial charge on any atom is 0.312 e. The van der Waals surface area contributed by atoms with Gasteiger partial charge in [0.1, 0.15) is 0 Å². The summed E-state index contributed by atoms with van der Waals surface area (Å²) >= 11 is 0. The van der Waals surface area contributed by atoms with Crippen LogP contribution in [0.15, 0.2) is 30.3 Å². The highest BCUT2D eigenvalue weighted by atomic mass is 16.2.